The summed E-state index contributed by atoms with van der Waals surface area (Å²) in [6.45, 7) is 10.5. The van der Waals surface area contributed by atoms with Gasteiger partial charge in [0.15, 0.2) is 0 Å². The van der Waals surface area contributed by atoms with Gasteiger partial charge in [-0.3, -0.25) is 0 Å². The first kappa shape index (κ1) is 18.2. The van der Waals surface area contributed by atoms with Crippen LogP contribution in [0.15, 0.2) is 23.8 Å². The predicted octanol–water partition coefficient (Wildman–Crippen LogP) is 2.49. The van der Waals surface area contributed by atoms with Gasteiger partial charge in [-0.1, -0.05) is 31.6 Å². The van der Waals surface area contributed by atoms with Crippen LogP contribution < -0.4 is 10.6 Å². The lowest BCUT2D eigenvalue weighted by molar-refractivity contribution is -0.749. The normalized spacial score (nSPS) is 35.5. The summed E-state index contributed by atoms with van der Waals surface area (Å²) >= 11 is 0. The molecule has 4 rings (SSSR count). The van der Waals surface area contributed by atoms with Gasteiger partial charge in [-0.05, 0) is 69.3 Å². The van der Waals surface area contributed by atoms with Gasteiger partial charge in [-0.2, -0.15) is 0 Å². The van der Waals surface area contributed by atoms with Crippen molar-refractivity contribution in [2.45, 2.75) is 65.3 Å². The topological polar surface area (TPSA) is 33.2 Å². The van der Waals surface area contributed by atoms with Gasteiger partial charge in [-0.25, -0.2) is 0 Å². The monoisotopic (exact) mass is 332 g/mol. The zero-order valence-corrected chi connectivity index (χ0v) is 16.2. The molecule has 24 heavy (non-hydrogen) atoms. The van der Waals surface area contributed by atoms with Crippen LogP contribution in [-0.2, 0) is 0 Å². The van der Waals surface area contributed by atoms with Crippen LogP contribution in [0, 0.1) is 29.6 Å². The van der Waals surface area contributed by atoms with Crippen molar-refractivity contribution < 1.29 is 10.6 Å². The minimum atomic E-state index is 0.671. The minimum absolute atomic E-state index is 0.671. The molecule has 4 fully saturated rings. The predicted molar refractivity (Wildman–Crippen MR) is 102 cm³/mol. The molecule has 4 N–H and O–H groups in total. The molecule has 0 atom stereocenters. The smallest absolute Gasteiger partial charge is 0.125 e. The van der Waals surface area contributed by atoms with Crippen LogP contribution in [0.3, 0.4) is 0 Å². The van der Waals surface area contributed by atoms with E-state index >= 15 is 0 Å². The lowest BCUT2D eigenvalue weighted by Gasteiger charge is -2.52. The summed E-state index contributed by atoms with van der Waals surface area (Å²) in [6.07, 6.45) is 16.0. The van der Waals surface area contributed by atoms with Gasteiger partial charge in [0, 0.05) is 11.8 Å². The average Bonchev–Trinajstić information content (AvgIpc) is 2.51. The Morgan fingerprint density at radius 2 is 1.67 bits per heavy atom. The number of allylic oxidation sites excluding steroid dienone is 3. The largest absolute Gasteiger partial charge is 0.339 e. The highest BCUT2D eigenvalue weighted by molar-refractivity contribution is 5.04. The first-order valence-corrected chi connectivity index (χ1v) is 10.6. The van der Waals surface area contributed by atoms with Crippen LogP contribution in [-0.4, -0.2) is 25.7 Å². The SMILES string of the molecule is C/C(=C\C[NH2+]CC[NH2+]C1C2CC3CC(C2)CC1C3)C/C=C/C(C)C. The number of hydrogen-bond acceptors (Lipinski definition) is 0. The zero-order valence-electron chi connectivity index (χ0n) is 16.2. The van der Waals surface area contributed by atoms with E-state index in [1.54, 1.807) is 32.1 Å². The van der Waals surface area contributed by atoms with E-state index in [0.717, 1.165) is 42.7 Å². The second-order valence-electron chi connectivity index (χ2n) is 9.27. The van der Waals surface area contributed by atoms with E-state index in [9.17, 15) is 0 Å². The molecule has 0 aromatic rings. The molecule has 0 heterocycles. The molecule has 4 bridgehead atoms. The first-order valence-electron chi connectivity index (χ1n) is 10.6. The Hall–Kier alpha value is -0.600. The summed E-state index contributed by atoms with van der Waals surface area (Å²) in [6, 6.07) is 0.977. The van der Waals surface area contributed by atoms with Crippen LogP contribution in [0.2, 0.25) is 0 Å². The van der Waals surface area contributed by atoms with Crippen LogP contribution in [0.5, 0.6) is 0 Å². The van der Waals surface area contributed by atoms with Gasteiger partial charge in [0.2, 0.25) is 0 Å². The maximum atomic E-state index is 2.73. The molecule has 4 aliphatic rings. The highest BCUT2D eigenvalue weighted by atomic mass is 15.0. The van der Waals surface area contributed by atoms with Crippen LogP contribution in [0.25, 0.3) is 0 Å². The van der Waals surface area contributed by atoms with Gasteiger partial charge < -0.3 is 10.6 Å². The highest BCUT2D eigenvalue weighted by Gasteiger charge is 2.49. The summed E-state index contributed by atoms with van der Waals surface area (Å²) < 4.78 is 0. The van der Waals surface area contributed by atoms with E-state index in [1.807, 2.05) is 0 Å². The fraction of sp³-hybridized carbons (Fsp3) is 0.818. The Balaban J connectivity index is 1.28. The molecule has 0 saturated heterocycles. The van der Waals surface area contributed by atoms with Crippen molar-refractivity contribution in [3.63, 3.8) is 0 Å². The van der Waals surface area contributed by atoms with Gasteiger partial charge in [0.05, 0.1) is 12.6 Å². The molecule has 0 spiro atoms. The third-order valence-electron chi connectivity index (χ3n) is 6.70. The molecule has 0 amide bonds. The van der Waals surface area contributed by atoms with E-state index < -0.39 is 0 Å². The van der Waals surface area contributed by atoms with Crippen LogP contribution in [0.1, 0.15) is 59.3 Å². The summed E-state index contributed by atoms with van der Waals surface area (Å²) in [5, 5.41) is 5.22. The molecule has 0 aliphatic heterocycles. The van der Waals surface area contributed by atoms with Crippen molar-refractivity contribution in [3.05, 3.63) is 23.8 Å². The third kappa shape index (κ3) is 4.95. The first-order chi connectivity index (χ1) is 11.6. The second-order valence-corrected chi connectivity index (χ2v) is 9.27. The van der Waals surface area contributed by atoms with E-state index in [2.05, 4.69) is 49.6 Å². The van der Waals surface area contributed by atoms with Crippen molar-refractivity contribution >= 4 is 0 Å². The number of rotatable bonds is 9. The van der Waals surface area contributed by atoms with Gasteiger partial charge in [0.25, 0.3) is 0 Å². The van der Waals surface area contributed by atoms with Crippen molar-refractivity contribution in [1.29, 1.82) is 0 Å². The molecule has 0 unspecified atom stereocenters. The van der Waals surface area contributed by atoms with Crippen molar-refractivity contribution in [2.24, 2.45) is 29.6 Å². The van der Waals surface area contributed by atoms with E-state index in [4.69, 9.17) is 0 Å². The maximum Gasteiger partial charge on any atom is 0.125 e. The molecule has 2 heteroatoms. The molecule has 2 nitrogen and oxygen atoms in total. The van der Waals surface area contributed by atoms with Crippen molar-refractivity contribution in [2.75, 3.05) is 19.6 Å². The quantitative estimate of drug-likeness (QED) is 0.480. The second kappa shape index (κ2) is 8.67. The number of hydrogen-bond donors (Lipinski definition) is 2. The Bertz CT molecular complexity index is 421. The fourth-order valence-corrected chi connectivity index (χ4v) is 5.77. The number of nitrogens with two attached hydrogens (primary N) is 2. The molecule has 4 aliphatic carbocycles. The zero-order chi connectivity index (χ0) is 16.9. The van der Waals surface area contributed by atoms with Crippen LogP contribution >= 0.6 is 0 Å². The van der Waals surface area contributed by atoms with E-state index in [0.29, 0.717) is 5.92 Å². The van der Waals surface area contributed by atoms with Gasteiger partial charge in [0.1, 0.15) is 13.1 Å². The van der Waals surface area contributed by atoms with Crippen molar-refractivity contribution in [1.82, 2.24) is 0 Å². The van der Waals surface area contributed by atoms with Crippen molar-refractivity contribution in [3.8, 4) is 0 Å². The lowest BCUT2D eigenvalue weighted by atomic mass is 9.54. The molecular formula is C22H40N2+2. The van der Waals surface area contributed by atoms with E-state index in [-0.39, 0.29) is 0 Å². The maximum absolute atomic E-state index is 2.73. The van der Waals surface area contributed by atoms with Gasteiger partial charge in [-0.15, -0.1) is 0 Å². The number of quaternary nitrogens is 2. The molecule has 0 aromatic carbocycles. The fourth-order valence-electron chi connectivity index (χ4n) is 5.77. The third-order valence-corrected chi connectivity index (χ3v) is 6.70. The summed E-state index contributed by atoms with van der Waals surface area (Å²) in [5.41, 5.74) is 1.51. The molecule has 136 valence electrons. The Labute approximate surface area is 149 Å². The van der Waals surface area contributed by atoms with E-state index in [1.165, 1.54) is 18.7 Å². The summed E-state index contributed by atoms with van der Waals surface area (Å²) in [4.78, 5) is 0. The van der Waals surface area contributed by atoms with Crippen LogP contribution in [0.4, 0.5) is 0 Å². The van der Waals surface area contributed by atoms with Gasteiger partial charge >= 0.3 is 0 Å². The lowest BCUT2D eigenvalue weighted by Crippen LogP contribution is -3.00. The Morgan fingerprint density at radius 3 is 2.29 bits per heavy atom. The average molecular weight is 333 g/mol. The highest BCUT2D eigenvalue weighted by Crippen LogP contribution is 2.52. The molecular weight excluding hydrogens is 292 g/mol. The molecule has 0 radical (unpaired) electrons. The standard InChI is InChI=1S/C22H38N2/c1-16(2)5-4-6-17(3)7-8-23-9-10-24-22-20-12-18-11-19(14-20)15-21(22)13-18/h4-5,7,16,18-24H,6,8-15H2,1-3H3/p+2/b5-4+,17-7+. The molecule has 0 aromatic heterocycles. The molecule has 4 saturated carbocycles. The summed E-state index contributed by atoms with van der Waals surface area (Å²) in [5.74, 6) is 5.03. The summed E-state index contributed by atoms with van der Waals surface area (Å²) in [7, 11) is 0. The Morgan fingerprint density at radius 1 is 1.00 bits per heavy atom. The Kier molecular flexibility index (Phi) is 6.57. The minimum Gasteiger partial charge on any atom is -0.339 e.